The molecule has 0 aromatic rings. The van der Waals surface area contributed by atoms with E-state index >= 15 is 0 Å². The number of rotatable bonds is 22. The largest absolute Gasteiger partial charge is 0.499 e. The number of hydrogen-bond donors (Lipinski definition) is 3. The molecular weight excluding hydrogens is 393 g/mol. The third kappa shape index (κ3) is 22.1. The van der Waals surface area contributed by atoms with Crippen LogP contribution in [-0.2, 0) is 18.3 Å². The van der Waals surface area contributed by atoms with Crippen LogP contribution < -0.4 is 5.73 Å². The van der Waals surface area contributed by atoms with Crippen molar-refractivity contribution in [2.45, 2.75) is 96.5 Å². The monoisotopic (exact) mass is 437 g/mol. The lowest BCUT2D eigenvalue weighted by atomic mass is 10.0. The first-order chi connectivity index (χ1) is 14.0. The molecule has 0 amide bonds. The van der Waals surface area contributed by atoms with E-state index in [1.807, 2.05) is 6.08 Å². The molecule has 0 heterocycles. The number of aliphatic hydroxyl groups is 1. The molecule has 2 unspecified atom stereocenters. The Bertz CT molecular complexity index is 422. The van der Waals surface area contributed by atoms with Crippen LogP contribution in [0.2, 0.25) is 0 Å². The summed E-state index contributed by atoms with van der Waals surface area (Å²) >= 11 is 0. The highest BCUT2D eigenvalue weighted by molar-refractivity contribution is 7.47. The summed E-state index contributed by atoms with van der Waals surface area (Å²) in [6.07, 6.45) is 19.4. The lowest BCUT2D eigenvalue weighted by Gasteiger charge is -2.14. The van der Waals surface area contributed by atoms with Crippen molar-refractivity contribution in [1.82, 2.24) is 0 Å². The minimum atomic E-state index is -4.15. The Kier molecular flexibility index (Phi) is 20.5. The van der Waals surface area contributed by atoms with E-state index in [-0.39, 0.29) is 26.4 Å². The van der Waals surface area contributed by atoms with Crippen LogP contribution in [0.1, 0.15) is 90.4 Å². The molecule has 0 aliphatic rings. The van der Waals surface area contributed by atoms with Crippen molar-refractivity contribution in [1.29, 1.82) is 0 Å². The summed E-state index contributed by atoms with van der Waals surface area (Å²) in [5.74, 6) is 0. The van der Waals surface area contributed by atoms with Crippen LogP contribution in [0.4, 0.5) is 0 Å². The van der Waals surface area contributed by atoms with Crippen molar-refractivity contribution < 1.29 is 28.3 Å². The summed E-state index contributed by atoms with van der Waals surface area (Å²) in [6.45, 7) is 1.94. The molecule has 0 aromatic carbocycles. The zero-order valence-electron chi connectivity index (χ0n) is 18.3. The van der Waals surface area contributed by atoms with Gasteiger partial charge in [0.2, 0.25) is 0 Å². The maximum Gasteiger partial charge on any atom is 0.472 e. The van der Waals surface area contributed by atoms with Gasteiger partial charge < -0.3 is 20.5 Å². The van der Waals surface area contributed by atoms with Gasteiger partial charge in [-0.05, 0) is 18.9 Å². The van der Waals surface area contributed by atoms with E-state index in [0.717, 1.165) is 12.8 Å². The third-order valence-electron chi connectivity index (χ3n) is 4.51. The van der Waals surface area contributed by atoms with E-state index < -0.39 is 13.9 Å². The van der Waals surface area contributed by atoms with Crippen molar-refractivity contribution in [3.8, 4) is 0 Å². The Morgan fingerprint density at radius 1 is 0.897 bits per heavy atom. The fourth-order valence-electron chi connectivity index (χ4n) is 2.84. The second-order valence-corrected chi connectivity index (χ2v) is 8.88. The van der Waals surface area contributed by atoms with Gasteiger partial charge in [-0.25, -0.2) is 4.57 Å². The number of nitrogens with two attached hydrogens (primary N) is 1. The molecule has 0 bridgehead atoms. The smallest absolute Gasteiger partial charge is 0.472 e. The molecule has 2 atom stereocenters. The van der Waals surface area contributed by atoms with Crippen LogP contribution in [-0.4, -0.2) is 42.5 Å². The average molecular weight is 438 g/mol. The molecule has 0 saturated carbocycles. The Hall–Kier alpha value is -0.430. The number of ether oxygens (including phenoxy) is 1. The molecule has 0 spiro atoms. The molecule has 0 fully saturated rings. The first-order valence-corrected chi connectivity index (χ1v) is 12.8. The standard InChI is InChI=1S/C21H44NO6P/c1-2-3-4-5-6-7-8-9-10-11-12-13-14-15-17-26-19-21(23)20-28-29(24,25)27-18-16-22/h15,17,21,23H,2-14,16,18-20,22H2,1H3,(H,24,25)/b17-15+. The van der Waals surface area contributed by atoms with E-state index in [1.165, 1.54) is 70.6 Å². The number of phosphoric acid groups is 1. The second-order valence-electron chi connectivity index (χ2n) is 7.42. The summed E-state index contributed by atoms with van der Waals surface area (Å²) in [6, 6.07) is 0. The van der Waals surface area contributed by atoms with Crippen molar-refractivity contribution in [2.75, 3.05) is 26.4 Å². The highest BCUT2D eigenvalue weighted by Gasteiger charge is 2.22. The predicted molar refractivity (Wildman–Crippen MR) is 118 cm³/mol. The van der Waals surface area contributed by atoms with Crippen molar-refractivity contribution >= 4 is 7.82 Å². The van der Waals surface area contributed by atoms with Gasteiger partial charge in [-0.2, -0.15) is 0 Å². The average Bonchev–Trinajstić information content (AvgIpc) is 2.70. The van der Waals surface area contributed by atoms with E-state index in [2.05, 4.69) is 16.0 Å². The second kappa shape index (κ2) is 20.8. The number of allylic oxidation sites excluding steroid dienone is 1. The molecule has 0 radical (unpaired) electrons. The van der Waals surface area contributed by atoms with Gasteiger partial charge in [0.15, 0.2) is 0 Å². The lowest BCUT2D eigenvalue weighted by Crippen LogP contribution is -2.20. The first-order valence-electron chi connectivity index (χ1n) is 11.3. The Morgan fingerprint density at radius 3 is 2.00 bits per heavy atom. The van der Waals surface area contributed by atoms with Gasteiger partial charge >= 0.3 is 7.82 Å². The fraction of sp³-hybridized carbons (Fsp3) is 0.905. The minimum Gasteiger partial charge on any atom is -0.499 e. The number of phosphoric ester groups is 1. The van der Waals surface area contributed by atoms with Crippen LogP contribution in [0, 0.1) is 0 Å². The van der Waals surface area contributed by atoms with Gasteiger partial charge in [-0.15, -0.1) is 0 Å². The molecule has 7 nitrogen and oxygen atoms in total. The number of unbranched alkanes of at least 4 members (excludes halogenated alkanes) is 12. The van der Waals surface area contributed by atoms with E-state index in [0.29, 0.717) is 0 Å². The molecule has 0 aliphatic carbocycles. The highest BCUT2D eigenvalue weighted by Crippen LogP contribution is 2.42. The maximum atomic E-state index is 11.4. The van der Waals surface area contributed by atoms with Crippen molar-refractivity contribution in [3.63, 3.8) is 0 Å². The van der Waals surface area contributed by atoms with Gasteiger partial charge in [0, 0.05) is 6.54 Å². The highest BCUT2D eigenvalue weighted by atomic mass is 31.2. The van der Waals surface area contributed by atoms with Gasteiger partial charge in [-0.1, -0.05) is 77.6 Å². The van der Waals surface area contributed by atoms with Crippen molar-refractivity contribution in [2.24, 2.45) is 5.73 Å². The van der Waals surface area contributed by atoms with Gasteiger partial charge in [0.1, 0.15) is 12.7 Å². The Labute approximate surface area is 177 Å². The Morgan fingerprint density at radius 2 is 1.45 bits per heavy atom. The first kappa shape index (κ1) is 28.6. The van der Waals surface area contributed by atoms with Crippen LogP contribution >= 0.6 is 7.82 Å². The quantitative estimate of drug-likeness (QED) is 0.123. The summed E-state index contributed by atoms with van der Waals surface area (Å²) in [5.41, 5.74) is 5.18. The van der Waals surface area contributed by atoms with Gasteiger partial charge in [-0.3, -0.25) is 9.05 Å². The minimum absolute atomic E-state index is 0.00810. The normalized spacial score (nSPS) is 14.9. The summed E-state index contributed by atoms with van der Waals surface area (Å²) < 4.78 is 25.8. The number of aliphatic hydroxyl groups excluding tert-OH is 1. The predicted octanol–water partition coefficient (Wildman–Crippen LogP) is 5.06. The topological polar surface area (TPSA) is 111 Å². The number of hydrogen-bond acceptors (Lipinski definition) is 6. The van der Waals surface area contributed by atoms with Crippen LogP contribution in [0.3, 0.4) is 0 Å². The zero-order valence-corrected chi connectivity index (χ0v) is 19.2. The maximum absolute atomic E-state index is 11.4. The molecule has 29 heavy (non-hydrogen) atoms. The molecular formula is C21H44NO6P. The van der Waals surface area contributed by atoms with E-state index in [1.54, 1.807) is 6.26 Å². The molecule has 0 rings (SSSR count). The zero-order chi connectivity index (χ0) is 21.6. The molecule has 0 aromatic heterocycles. The van der Waals surface area contributed by atoms with E-state index in [9.17, 15) is 14.6 Å². The van der Waals surface area contributed by atoms with E-state index in [4.69, 9.17) is 10.5 Å². The van der Waals surface area contributed by atoms with Gasteiger partial charge in [0.25, 0.3) is 0 Å². The Balaban J connectivity index is 3.38. The molecule has 4 N–H and O–H groups in total. The van der Waals surface area contributed by atoms with Crippen LogP contribution in [0.15, 0.2) is 12.3 Å². The molecule has 0 saturated heterocycles. The molecule has 0 aliphatic heterocycles. The lowest BCUT2D eigenvalue weighted by molar-refractivity contribution is 0.0311. The summed E-state index contributed by atoms with van der Waals surface area (Å²) in [5, 5.41) is 9.66. The molecule has 174 valence electrons. The third-order valence-corrected chi connectivity index (χ3v) is 5.49. The van der Waals surface area contributed by atoms with Gasteiger partial charge in [0.05, 0.1) is 19.5 Å². The molecule has 8 heteroatoms. The summed E-state index contributed by atoms with van der Waals surface area (Å²) in [7, 11) is -4.15. The van der Waals surface area contributed by atoms with Crippen LogP contribution in [0.25, 0.3) is 0 Å². The van der Waals surface area contributed by atoms with Crippen LogP contribution in [0.5, 0.6) is 0 Å². The van der Waals surface area contributed by atoms with Crippen molar-refractivity contribution in [3.05, 3.63) is 12.3 Å². The fourth-order valence-corrected chi connectivity index (χ4v) is 3.61. The SMILES string of the molecule is CCCCCCCCCCCCCC/C=C/OCC(O)COP(=O)(O)OCCN. The summed E-state index contributed by atoms with van der Waals surface area (Å²) in [4.78, 5) is 9.30.